The summed E-state index contributed by atoms with van der Waals surface area (Å²) < 4.78 is 10.6. The summed E-state index contributed by atoms with van der Waals surface area (Å²) in [5.74, 6) is 0.104. The van der Waals surface area contributed by atoms with Gasteiger partial charge in [-0.15, -0.1) is 0 Å². The van der Waals surface area contributed by atoms with E-state index in [4.69, 9.17) is 9.47 Å². The molecule has 6 heteroatoms. The van der Waals surface area contributed by atoms with Crippen LogP contribution >= 0.6 is 0 Å². The number of hydrogen-bond acceptors (Lipinski definition) is 5. The van der Waals surface area contributed by atoms with Crippen molar-refractivity contribution in [2.45, 2.75) is 0 Å². The highest BCUT2D eigenvalue weighted by molar-refractivity contribution is 6.46. The van der Waals surface area contributed by atoms with Crippen LogP contribution in [-0.2, 0) is 9.59 Å². The maximum atomic E-state index is 13.4. The Morgan fingerprint density at radius 1 is 0.733 bits per heavy atom. The van der Waals surface area contributed by atoms with E-state index in [-0.39, 0.29) is 5.70 Å². The number of hydrogen-bond donors (Lipinski definition) is 1. The summed E-state index contributed by atoms with van der Waals surface area (Å²) in [6.07, 6.45) is 0. The van der Waals surface area contributed by atoms with Crippen LogP contribution in [0, 0.1) is 0 Å². The highest BCUT2D eigenvalue weighted by Crippen LogP contribution is 2.37. The van der Waals surface area contributed by atoms with E-state index in [1.165, 1.54) is 14.2 Å². The summed E-state index contributed by atoms with van der Waals surface area (Å²) in [6.45, 7) is 0. The van der Waals surface area contributed by atoms with Crippen molar-refractivity contribution in [3.05, 3.63) is 90.1 Å². The van der Waals surface area contributed by atoms with Crippen molar-refractivity contribution in [1.29, 1.82) is 0 Å². The lowest BCUT2D eigenvalue weighted by molar-refractivity contribution is -0.120. The Morgan fingerprint density at radius 3 is 2.00 bits per heavy atom. The number of para-hydroxylation sites is 1. The number of benzene rings is 3. The van der Waals surface area contributed by atoms with Crippen LogP contribution in [0.4, 0.5) is 11.4 Å². The Bertz CT molecular complexity index is 1120. The van der Waals surface area contributed by atoms with Crippen LogP contribution in [0.15, 0.2) is 84.6 Å². The molecule has 0 atom stereocenters. The quantitative estimate of drug-likeness (QED) is 0.631. The lowest BCUT2D eigenvalue weighted by Crippen LogP contribution is -2.32. The molecule has 1 aliphatic heterocycles. The monoisotopic (exact) mass is 400 g/mol. The molecule has 3 aromatic carbocycles. The summed E-state index contributed by atoms with van der Waals surface area (Å²) in [5, 5.41) is 3.13. The zero-order chi connectivity index (χ0) is 21.1. The molecule has 0 saturated carbocycles. The van der Waals surface area contributed by atoms with Crippen molar-refractivity contribution >= 4 is 28.8 Å². The van der Waals surface area contributed by atoms with E-state index < -0.39 is 11.8 Å². The van der Waals surface area contributed by atoms with Crippen LogP contribution in [0.3, 0.4) is 0 Å². The van der Waals surface area contributed by atoms with Gasteiger partial charge in [-0.2, -0.15) is 0 Å². The number of anilines is 2. The van der Waals surface area contributed by atoms with Gasteiger partial charge < -0.3 is 14.8 Å². The molecule has 0 aliphatic carbocycles. The highest BCUT2D eigenvalue weighted by Gasteiger charge is 2.40. The Kier molecular flexibility index (Phi) is 5.22. The van der Waals surface area contributed by atoms with E-state index in [1.807, 2.05) is 60.7 Å². The Hall–Kier alpha value is -4.06. The fourth-order valence-electron chi connectivity index (χ4n) is 3.38. The number of carbonyl (C=O) groups excluding carboxylic acids is 2. The van der Waals surface area contributed by atoms with Gasteiger partial charge >= 0.3 is 0 Å². The Balaban J connectivity index is 1.80. The summed E-state index contributed by atoms with van der Waals surface area (Å²) in [7, 11) is 3.03. The largest absolute Gasteiger partial charge is 0.493 e. The minimum atomic E-state index is -0.435. The van der Waals surface area contributed by atoms with Crippen LogP contribution < -0.4 is 19.7 Å². The second-order valence-electron chi connectivity index (χ2n) is 6.59. The molecule has 1 aliphatic rings. The van der Waals surface area contributed by atoms with Gasteiger partial charge in [0, 0.05) is 11.8 Å². The molecule has 3 aromatic rings. The van der Waals surface area contributed by atoms with Crippen molar-refractivity contribution in [2.75, 3.05) is 24.4 Å². The van der Waals surface area contributed by atoms with Crippen LogP contribution in [-0.4, -0.2) is 26.0 Å². The van der Waals surface area contributed by atoms with Gasteiger partial charge in [0.1, 0.15) is 5.70 Å². The average Bonchev–Trinajstić information content (AvgIpc) is 3.03. The first-order valence-corrected chi connectivity index (χ1v) is 9.36. The fourth-order valence-corrected chi connectivity index (χ4v) is 3.38. The molecule has 30 heavy (non-hydrogen) atoms. The van der Waals surface area contributed by atoms with Crippen molar-refractivity contribution in [1.82, 2.24) is 0 Å². The van der Waals surface area contributed by atoms with Gasteiger partial charge in [0.05, 0.1) is 25.5 Å². The Labute approximate surface area is 174 Å². The van der Waals surface area contributed by atoms with E-state index in [1.54, 1.807) is 18.2 Å². The number of ether oxygens (including phenoxy) is 2. The average molecular weight is 400 g/mol. The lowest BCUT2D eigenvalue weighted by atomic mass is 10.0. The van der Waals surface area contributed by atoms with Crippen molar-refractivity contribution in [2.24, 2.45) is 0 Å². The molecule has 150 valence electrons. The van der Waals surface area contributed by atoms with E-state index in [0.29, 0.717) is 28.3 Å². The second-order valence-corrected chi connectivity index (χ2v) is 6.59. The van der Waals surface area contributed by atoms with E-state index in [2.05, 4.69) is 5.32 Å². The molecule has 6 nitrogen and oxygen atoms in total. The van der Waals surface area contributed by atoms with Gasteiger partial charge in [-0.25, -0.2) is 4.90 Å². The first kappa shape index (κ1) is 19.3. The van der Waals surface area contributed by atoms with Gasteiger partial charge in [-0.05, 0) is 29.8 Å². The highest BCUT2D eigenvalue weighted by atomic mass is 16.5. The predicted molar refractivity (Wildman–Crippen MR) is 115 cm³/mol. The van der Waals surface area contributed by atoms with Gasteiger partial charge in [0.15, 0.2) is 11.5 Å². The second kappa shape index (κ2) is 8.13. The summed E-state index contributed by atoms with van der Waals surface area (Å²) in [5.41, 5.74) is 2.33. The smallest absolute Gasteiger partial charge is 0.282 e. The summed E-state index contributed by atoms with van der Waals surface area (Å²) in [4.78, 5) is 27.9. The molecule has 0 unspecified atom stereocenters. The van der Waals surface area contributed by atoms with Gasteiger partial charge in [0.25, 0.3) is 11.8 Å². The van der Waals surface area contributed by atoms with E-state index in [9.17, 15) is 9.59 Å². The number of amides is 2. The fraction of sp³-hybridized carbons (Fsp3) is 0.0833. The van der Waals surface area contributed by atoms with Crippen LogP contribution in [0.1, 0.15) is 5.56 Å². The number of rotatable bonds is 6. The van der Waals surface area contributed by atoms with Crippen LogP contribution in [0.5, 0.6) is 11.5 Å². The molecule has 0 radical (unpaired) electrons. The molecule has 1 heterocycles. The van der Waals surface area contributed by atoms with Crippen molar-refractivity contribution in [3.63, 3.8) is 0 Å². The summed E-state index contributed by atoms with van der Waals surface area (Å²) >= 11 is 0. The number of nitrogens with zero attached hydrogens (tertiary/aromatic N) is 1. The third-order valence-corrected chi connectivity index (χ3v) is 4.81. The third kappa shape index (κ3) is 3.39. The third-order valence-electron chi connectivity index (χ3n) is 4.81. The molecule has 0 aromatic heterocycles. The molecule has 0 spiro atoms. The zero-order valence-corrected chi connectivity index (χ0v) is 16.6. The van der Waals surface area contributed by atoms with Crippen molar-refractivity contribution < 1.29 is 19.1 Å². The van der Waals surface area contributed by atoms with Crippen LogP contribution in [0.2, 0.25) is 0 Å². The minimum Gasteiger partial charge on any atom is -0.493 e. The van der Waals surface area contributed by atoms with Crippen LogP contribution in [0.25, 0.3) is 5.57 Å². The Morgan fingerprint density at radius 2 is 1.37 bits per heavy atom. The maximum Gasteiger partial charge on any atom is 0.282 e. The molecule has 0 bridgehead atoms. The molecule has 2 amide bonds. The number of carbonyl (C=O) groups is 2. The molecule has 1 N–H and O–H groups in total. The predicted octanol–water partition coefficient (Wildman–Crippen LogP) is 4.10. The normalized spacial score (nSPS) is 13.6. The zero-order valence-electron chi connectivity index (χ0n) is 16.6. The molecular weight excluding hydrogens is 380 g/mol. The molecule has 0 fully saturated rings. The van der Waals surface area contributed by atoms with Crippen molar-refractivity contribution in [3.8, 4) is 11.5 Å². The molecule has 0 saturated heterocycles. The van der Waals surface area contributed by atoms with E-state index in [0.717, 1.165) is 10.6 Å². The topological polar surface area (TPSA) is 67.9 Å². The van der Waals surface area contributed by atoms with Gasteiger partial charge in [-0.1, -0.05) is 48.5 Å². The number of methoxy groups -OCH3 is 2. The first-order chi connectivity index (χ1) is 14.6. The number of imide groups is 1. The standard InChI is InChI=1S/C24H20N2O4/c1-29-19-14-13-18(15-20(19)30-2)26-23(27)21(16-9-5-3-6-10-16)22(24(26)28)25-17-11-7-4-8-12-17/h3-15,25H,1-2H3. The SMILES string of the molecule is COc1ccc(N2C(=O)C(Nc3ccccc3)=C(c3ccccc3)C2=O)cc1OC. The molecule has 4 rings (SSSR count). The first-order valence-electron chi connectivity index (χ1n) is 9.36. The maximum absolute atomic E-state index is 13.4. The number of nitrogens with one attached hydrogen (secondary N) is 1. The lowest BCUT2D eigenvalue weighted by Gasteiger charge is -2.17. The van der Waals surface area contributed by atoms with Gasteiger partial charge in [-0.3, -0.25) is 9.59 Å². The van der Waals surface area contributed by atoms with Gasteiger partial charge in [0.2, 0.25) is 0 Å². The van der Waals surface area contributed by atoms with E-state index >= 15 is 0 Å². The summed E-state index contributed by atoms with van der Waals surface area (Å²) in [6, 6.07) is 23.4. The molecular formula is C24H20N2O4. The minimum absolute atomic E-state index is 0.229.